The average Bonchev–Trinajstić information content (AvgIpc) is 2.85. The molecular weight excluding hydrogens is 456 g/mol. The van der Waals surface area contributed by atoms with Crippen LogP contribution in [0.3, 0.4) is 0 Å². The molecule has 0 fully saturated rings. The predicted molar refractivity (Wildman–Crippen MR) is 145 cm³/mol. The van der Waals surface area contributed by atoms with E-state index in [1.165, 1.54) is 32.1 Å². The first-order chi connectivity index (χ1) is 17.5. The second kappa shape index (κ2) is 20.6. The van der Waals surface area contributed by atoms with Crippen molar-refractivity contribution in [3.05, 3.63) is 29.8 Å². The number of nitrogens with one attached hydrogen (secondary N) is 3. The lowest BCUT2D eigenvalue weighted by atomic mass is 10.0. The number of hydrogen-bond acceptors (Lipinski definition) is 5. The molecule has 0 heterocycles. The van der Waals surface area contributed by atoms with Crippen LogP contribution < -0.4 is 21.7 Å². The molecule has 1 aromatic carbocycles. The minimum atomic E-state index is -0.615. The first-order valence-corrected chi connectivity index (χ1v) is 13.8. The van der Waals surface area contributed by atoms with Gasteiger partial charge in [-0.3, -0.25) is 14.4 Å². The normalized spacial score (nSPS) is 11.6. The van der Waals surface area contributed by atoms with Crippen molar-refractivity contribution in [1.29, 1.82) is 0 Å². The zero-order valence-electron chi connectivity index (χ0n) is 22.2. The topological polar surface area (TPSA) is 134 Å². The van der Waals surface area contributed by atoms with Gasteiger partial charge in [-0.05, 0) is 37.0 Å². The van der Waals surface area contributed by atoms with Crippen LogP contribution in [0.15, 0.2) is 24.3 Å². The van der Waals surface area contributed by atoms with Crippen molar-refractivity contribution < 1.29 is 19.5 Å². The monoisotopic (exact) mass is 504 g/mol. The van der Waals surface area contributed by atoms with E-state index in [9.17, 15) is 19.5 Å². The van der Waals surface area contributed by atoms with Gasteiger partial charge in [-0.1, -0.05) is 70.4 Å². The molecule has 3 amide bonds. The molecule has 0 aromatic heterocycles. The predicted octanol–water partition coefficient (Wildman–Crippen LogP) is 3.70. The molecule has 0 aliphatic carbocycles. The van der Waals surface area contributed by atoms with Gasteiger partial charge in [-0.2, -0.15) is 0 Å². The molecule has 0 radical (unpaired) electrons. The van der Waals surface area contributed by atoms with E-state index in [2.05, 4.69) is 16.0 Å². The van der Waals surface area contributed by atoms with Gasteiger partial charge in [0.25, 0.3) is 0 Å². The molecule has 204 valence electrons. The van der Waals surface area contributed by atoms with Crippen molar-refractivity contribution in [3.63, 3.8) is 0 Å². The Morgan fingerprint density at radius 1 is 0.778 bits per heavy atom. The fraction of sp³-hybridized carbons (Fsp3) is 0.679. The highest BCUT2D eigenvalue weighted by molar-refractivity contribution is 5.87. The number of aromatic hydroxyl groups is 1. The Balaban J connectivity index is 2.11. The summed E-state index contributed by atoms with van der Waals surface area (Å²) in [4.78, 5) is 36.1. The van der Waals surface area contributed by atoms with Crippen molar-refractivity contribution in [2.75, 3.05) is 19.6 Å². The molecule has 36 heavy (non-hydrogen) atoms. The Kier molecular flexibility index (Phi) is 18.0. The summed E-state index contributed by atoms with van der Waals surface area (Å²) in [6, 6.07) is 6.10. The first-order valence-electron chi connectivity index (χ1n) is 13.8. The highest BCUT2D eigenvalue weighted by atomic mass is 16.3. The van der Waals surface area contributed by atoms with E-state index in [4.69, 9.17) is 5.73 Å². The van der Waals surface area contributed by atoms with Crippen molar-refractivity contribution in [2.24, 2.45) is 5.73 Å². The van der Waals surface area contributed by atoms with Gasteiger partial charge in [0.2, 0.25) is 17.7 Å². The van der Waals surface area contributed by atoms with Gasteiger partial charge in [0.05, 0.1) is 0 Å². The second-order valence-electron chi connectivity index (χ2n) is 9.46. The summed E-state index contributed by atoms with van der Waals surface area (Å²) >= 11 is 0. The van der Waals surface area contributed by atoms with Gasteiger partial charge >= 0.3 is 0 Å². The van der Waals surface area contributed by atoms with Crippen LogP contribution in [-0.4, -0.2) is 48.5 Å². The molecule has 0 saturated heterocycles. The number of nitrogens with two attached hydrogens (primary N) is 1. The van der Waals surface area contributed by atoms with E-state index in [0.29, 0.717) is 32.4 Å². The highest BCUT2D eigenvalue weighted by Gasteiger charge is 2.20. The SMILES string of the molecule is CCCC(=O)N[C@@H](Cc1ccc(O)cc1)C(=O)NCCCCCCCCCCCCNC(=O)CCN. The van der Waals surface area contributed by atoms with Crippen LogP contribution in [0, 0.1) is 0 Å². The molecule has 8 nitrogen and oxygen atoms in total. The summed E-state index contributed by atoms with van der Waals surface area (Å²) < 4.78 is 0. The molecule has 8 heteroatoms. The van der Waals surface area contributed by atoms with Crippen LogP contribution >= 0.6 is 0 Å². The number of phenolic OH excluding ortho intramolecular Hbond substituents is 1. The molecule has 0 bridgehead atoms. The van der Waals surface area contributed by atoms with Crippen LogP contribution in [0.25, 0.3) is 0 Å². The fourth-order valence-electron chi connectivity index (χ4n) is 4.02. The Hall–Kier alpha value is -2.61. The van der Waals surface area contributed by atoms with Crippen molar-refractivity contribution in [1.82, 2.24) is 16.0 Å². The third kappa shape index (κ3) is 16.1. The third-order valence-electron chi connectivity index (χ3n) is 6.10. The van der Waals surface area contributed by atoms with Gasteiger partial charge in [-0.15, -0.1) is 0 Å². The minimum Gasteiger partial charge on any atom is -0.508 e. The molecule has 0 spiro atoms. The average molecular weight is 505 g/mol. The molecule has 0 aliphatic rings. The van der Waals surface area contributed by atoms with Crippen LogP contribution in [0.1, 0.15) is 96.0 Å². The van der Waals surface area contributed by atoms with Gasteiger partial charge in [0.1, 0.15) is 11.8 Å². The zero-order chi connectivity index (χ0) is 26.4. The molecule has 1 atom stereocenters. The lowest BCUT2D eigenvalue weighted by Gasteiger charge is -2.19. The summed E-state index contributed by atoms with van der Waals surface area (Å²) in [6.07, 6.45) is 13.4. The smallest absolute Gasteiger partial charge is 0.242 e. The van der Waals surface area contributed by atoms with Crippen LogP contribution in [0.4, 0.5) is 0 Å². The van der Waals surface area contributed by atoms with Gasteiger partial charge in [0, 0.05) is 38.9 Å². The van der Waals surface area contributed by atoms with E-state index in [1.54, 1.807) is 24.3 Å². The van der Waals surface area contributed by atoms with Gasteiger partial charge in [-0.25, -0.2) is 0 Å². The van der Waals surface area contributed by atoms with Gasteiger partial charge < -0.3 is 26.8 Å². The Morgan fingerprint density at radius 3 is 1.83 bits per heavy atom. The van der Waals surface area contributed by atoms with Crippen molar-refractivity contribution >= 4 is 17.7 Å². The number of hydrogen-bond donors (Lipinski definition) is 5. The first kappa shape index (κ1) is 31.4. The van der Waals surface area contributed by atoms with Crippen molar-refractivity contribution in [3.8, 4) is 5.75 Å². The zero-order valence-corrected chi connectivity index (χ0v) is 22.2. The quantitative estimate of drug-likeness (QED) is 0.163. The highest BCUT2D eigenvalue weighted by Crippen LogP contribution is 2.12. The third-order valence-corrected chi connectivity index (χ3v) is 6.10. The molecular formula is C28H48N4O4. The van der Waals surface area contributed by atoms with Crippen LogP contribution in [0.2, 0.25) is 0 Å². The fourth-order valence-corrected chi connectivity index (χ4v) is 4.02. The maximum Gasteiger partial charge on any atom is 0.242 e. The second-order valence-corrected chi connectivity index (χ2v) is 9.46. The lowest BCUT2D eigenvalue weighted by molar-refractivity contribution is -0.129. The number of carbonyl (C=O) groups is 3. The number of unbranched alkanes of at least 4 members (excludes halogenated alkanes) is 9. The number of phenols is 1. The summed E-state index contributed by atoms with van der Waals surface area (Å²) in [7, 11) is 0. The largest absolute Gasteiger partial charge is 0.508 e. The number of rotatable bonds is 21. The Labute approximate surface area is 217 Å². The van der Waals surface area contributed by atoms with Gasteiger partial charge in [0.15, 0.2) is 0 Å². The number of amides is 3. The molecule has 0 aliphatic heterocycles. The summed E-state index contributed by atoms with van der Waals surface area (Å²) in [5.41, 5.74) is 6.24. The number of carbonyl (C=O) groups excluding carboxylic acids is 3. The Morgan fingerprint density at radius 2 is 1.31 bits per heavy atom. The van der Waals surface area contributed by atoms with E-state index >= 15 is 0 Å². The molecule has 1 aromatic rings. The molecule has 0 unspecified atom stereocenters. The standard InChI is InChI=1S/C28H48N4O4/c1-2-13-27(35)32-25(22-23-14-16-24(33)17-15-23)28(36)31-21-12-10-8-6-4-3-5-7-9-11-20-30-26(34)18-19-29/h14-17,25,33H,2-13,18-22,29H2,1H3,(H,30,34)(H,31,36)(H,32,35)/t25-/m0/s1. The van der Waals surface area contributed by atoms with Crippen molar-refractivity contribution in [2.45, 2.75) is 103 Å². The minimum absolute atomic E-state index is 0.0460. The number of benzene rings is 1. The van der Waals surface area contributed by atoms with E-state index in [0.717, 1.165) is 50.6 Å². The lowest BCUT2D eigenvalue weighted by Crippen LogP contribution is -2.48. The Bertz CT molecular complexity index is 740. The summed E-state index contributed by atoms with van der Waals surface area (Å²) in [6.45, 7) is 3.69. The molecule has 0 saturated carbocycles. The van der Waals surface area contributed by atoms with E-state index in [-0.39, 0.29) is 23.5 Å². The maximum atomic E-state index is 12.7. The van der Waals surface area contributed by atoms with Crippen LogP contribution in [-0.2, 0) is 20.8 Å². The van der Waals surface area contributed by atoms with E-state index < -0.39 is 6.04 Å². The maximum absolute atomic E-state index is 12.7. The summed E-state index contributed by atoms with van der Waals surface area (Å²) in [5, 5.41) is 18.2. The summed E-state index contributed by atoms with van der Waals surface area (Å²) in [5.74, 6) is -0.0577. The van der Waals surface area contributed by atoms with E-state index in [1.807, 2.05) is 6.92 Å². The molecule has 1 rings (SSSR count). The van der Waals surface area contributed by atoms with Crippen LogP contribution in [0.5, 0.6) is 5.75 Å². The molecule has 6 N–H and O–H groups in total.